The molecule has 3 saturated heterocycles. The van der Waals surface area contributed by atoms with Crippen LogP contribution in [0, 0.1) is 23.7 Å². The molecule has 0 spiro atoms. The number of pyridine rings is 1. The van der Waals surface area contributed by atoms with Gasteiger partial charge >= 0.3 is 18.0 Å². The number of aliphatic hydroxyl groups is 4. The number of rotatable bonds is 20. The van der Waals surface area contributed by atoms with E-state index in [1.807, 2.05) is 32.0 Å². The number of oxime groups is 1. The van der Waals surface area contributed by atoms with E-state index in [2.05, 4.69) is 10.5 Å². The Kier molecular flexibility index (Phi) is 23.9. The number of amides is 1. The normalized spacial score (nSPS) is 36.0. The van der Waals surface area contributed by atoms with Crippen LogP contribution >= 0.6 is 0 Å². The van der Waals surface area contributed by atoms with Crippen molar-refractivity contribution >= 4 is 34.6 Å². The average molecular weight is 1150 g/mol. The third kappa shape index (κ3) is 16.2. The Balaban J connectivity index is 1.34. The van der Waals surface area contributed by atoms with Crippen molar-refractivity contribution in [2.24, 2.45) is 28.8 Å². The molecule has 0 bridgehead atoms. The van der Waals surface area contributed by atoms with Gasteiger partial charge in [0.2, 0.25) is 12.2 Å². The molecular formula is C57H93N5O19. The molecule has 6 N–H and O–H groups in total. The fraction of sp³-hybridized carbons (Fsp3) is 0.772. The first-order valence-corrected chi connectivity index (χ1v) is 28.1. The van der Waals surface area contributed by atoms with Gasteiger partial charge in [0.15, 0.2) is 18.7 Å². The first kappa shape index (κ1) is 67.2. The van der Waals surface area contributed by atoms with Gasteiger partial charge in [0.25, 0.3) is 0 Å². The smallest absolute Gasteiger partial charge is 0.407 e. The fourth-order valence-electron chi connectivity index (χ4n) is 11.8. The first-order chi connectivity index (χ1) is 37.9. The SMILES string of the molecule is CC[C@H]1OC(=O)[C@H](C)[C@@H](O[C@H]2C[C@@](C)(OC)[C@@H](OC(=O)NCCOCCCc3ccc4c(c3)c(=O)c(C(=O)O)cn4N(C)C)[C@H](C)O2)[C@H](C)[C@@H](O[C@@H]2O[C@H](C)C[C@H](N(C)C)[C@H]2O)[C@](C)(O)C[C@@H](C)/C(=N\OCOC)[C@@H](C)[C@@H](O)[C@]1(C)O. The Morgan fingerprint density at radius 2 is 1.62 bits per heavy atom. The number of carbonyl (C=O) groups excluding carboxylic acids is 2. The number of benzene rings is 1. The molecule has 5 rings (SSSR count). The average Bonchev–Trinajstić information content (AvgIpc) is 3.40. The van der Waals surface area contributed by atoms with Gasteiger partial charge in [-0.2, -0.15) is 0 Å². The summed E-state index contributed by atoms with van der Waals surface area (Å²) in [6.45, 7) is 17.1. The van der Waals surface area contributed by atoms with Crippen LogP contribution in [0.2, 0.25) is 0 Å². The number of hydrogen-bond acceptors (Lipinski definition) is 21. The maximum absolute atomic E-state index is 14.6. The molecule has 4 heterocycles. The van der Waals surface area contributed by atoms with Crippen LogP contribution in [0.25, 0.3) is 10.9 Å². The minimum atomic E-state index is -2.02. The summed E-state index contributed by atoms with van der Waals surface area (Å²) in [5.41, 5.74) is -4.28. The summed E-state index contributed by atoms with van der Waals surface area (Å²) < 4.78 is 57.2. The second-order valence-corrected chi connectivity index (χ2v) is 23.4. The standard InChI is InChI=1S/C57H93N5O19/c1-17-42-57(10,71)48(65)33(4)44(59-75-30-72-15)31(2)27-55(8,70)49(80-53-46(64)41(60(11)12)25-32(3)76-53)34(5)47(35(6)52(68)78-42)79-43-28-56(9,73-16)50(36(7)77-43)81-54(69)58-22-24-74-23-18-19-37-20-21-40-38(26-37)45(63)39(51(66)67)29-62(40)61(13)14/h20-21,26,29,31-36,41-43,46-50,53,64-65,70-71H,17-19,22-25,27-28,30H2,1-16H3,(H,58,69)(H,66,67)/b59-44+/t31-,32-,33-,34+,35-,36+,41+,42-,43+,46-,47+,48-,49-,50+,53+,55-,56-,57-/m1/s1. The Morgan fingerprint density at radius 3 is 2.23 bits per heavy atom. The number of ether oxygens (including phenoxy) is 9. The lowest BCUT2D eigenvalue weighted by Gasteiger charge is -2.49. The van der Waals surface area contributed by atoms with Crippen molar-refractivity contribution in [1.82, 2.24) is 14.9 Å². The Labute approximate surface area is 476 Å². The lowest BCUT2D eigenvalue weighted by atomic mass is 9.73. The van der Waals surface area contributed by atoms with Crippen LogP contribution in [0.4, 0.5) is 4.79 Å². The number of hydrogen-bond donors (Lipinski definition) is 6. The number of cyclic esters (lactones) is 1. The van der Waals surface area contributed by atoms with Gasteiger partial charge in [-0.15, -0.1) is 0 Å². The zero-order chi connectivity index (χ0) is 60.5. The van der Waals surface area contributed by atoms with Crippen molar-refractivity contribution in [3.8, 4) is 0 Å². The quantitative estimate of drug-likeness (QED) is 0.0476. The van der Waals surface area contributed by atoms with Crippen molar-refractivity contribution in [3.63, 3.8) is 0 Å². The third-order valence-corrected chi connectivity index (χ3v) is 16.4. The highest BCUT2D eigenvalue weighted by Gasteiger charge is 2.54. The van der Waals surface area contributed by atoms with Crippen LogP contribution in [0.15, 0.2) is 34.3 Å². The number of carbonyl (C=O) groups is 3. The number of nitrogens with zero attached hydrogens (tertiary/aromatic N) is 4. The zero-order valence-electron chi connectivity index (χ0n) is 50.3. The van der Waals surface area contributed by atoms with E-state index in [1.54, 1.807) is 91.3 Å². The number of aromatic nitrogens is 1. The van der Waals surface area contributed by atoms with Gasteiger partial charge in [0, 0.05) is 83.3 Å². The summed E-state index contributed by atoms with van der Waals surface area (Å²) >= 11 is 0. The van der Waals surface area contributed by atoms with Gasteiger partial charge in [-0.25, -0.2) is 9.59 Å². The summed E-state index contributed by atoms with van der Waals surface area (Å²) in [4.78, 5) is 60.2. The van der Waals surface area contributed by atoms with Gasteiger partial charge in [-0.1, -0.05) is 38.9 Å². The topological polar surface area (TPSA) is 298 Å². The maximum Gasteiger partial charge on any atom is 0.407 e. The number of likely N-dealkylation sites (N-methyl/N-ethyl adjacent to an activating group) is 1. The van der Waals surface area contributed by atoms with Crippen LogP contribution in [-0.2, 0) is 58.7 Å². The lowest BCUT2D eigenvalue weighted by Crippen LogP contribution is -2.61. The van der Waals surface area contributed by atoms with E-state index in [4.69, 9.17) is 47.5 Å². The molecule has 0 radical (unpaired) electrons. The third-order valence-electron chi connectivity index (χ3n) is 16.4. The minimum Gasteiger partial charge on any atom is -0.477 e. The van der Waals surface area contributed by atoms with Crippen LogP contribution < -0.4 is 15.8 Å². The molecular weight excluding hydrogens is 1060 g/mol. The summed E-state index contributed by atoms with van der Waals surface area (Å²) in [5.74, 6) is -5.75. The van der Waals surface area contributed by atoms with Crippen molar-refractivity contribution < 1.29 is 87.4 Å². The Bertz CT molecular complexity index is 2490. The molecule has 1 aromatic carbocycles. The molecule has 24 heteroatoms. The first-order valence-electron chi connectivity index (χ1n) is 28.1. The Morgan fingerprint density at radius 1 is 0.926 bits per heavy atom. The number of carboxylic acid groups (broad SMARTS) is 1. The van der Waals surface area contributed by atoms with Crippen molar-refractivity contribution in [2.75, 3.05) is 74.0 Å². The Hall–Kier alpha value is -4.57. The van der Waals surface area contributed by atoms with Crippen LogP contribution in [0.3, 0.4) is 0 Å². The number of aryl methyl sites for hydroxylation is 1. The predicted molar refractivity (Wildman–Crippen MR) is 298 cm³/mol. The van der Waals surface area contributed by atoms with Gasteiger partial charge in [-0.3, -0.25) is 14.3 Å². The van der Waals surface area contributed by atoms with Crippen molar-refractivity contribution in [1.29, 1.82) is 0 Å². The van der Waals surface area contributed by atoms with Crippen molar-refractivity contribution in [3.05, 3.63) is 45.7 Å². The van der Waals surface area contributed by atoms with Gasteiger partial charge in [-0.05, 0) is 105 Å². The van der Waals surface area contributed by atoms with E-state index in [9.17, 15) is 44.7 Å². The van der Waals surface area contributed by atoms with E-state index < -0.39 is 119 Å². The zero-order valence-corrected chi connectivity index (χ0v) is 50.3. The number of esters is 1. The molecule has 2 aromatic rings. The predicted octanol–water partition coefficient (Wildman–Crippen LogP) is 3.79. The van der Waals surface area contributed by atoms with E-state index in [0.29, 0.717) is 36.8 Å². The van der Waals surface area contributed by atoms with E-state index >= 15 is 0 Å². The second-order valence-electron chi connectivity index (χ2n) is 23.4. The molecule has 460 valence electrons. The van der Waals surface area contributed by atoms with Crippen LogP contribution in [-0.4, -0.2) is 212 Å². The number of aromatic carboxylic acids is 1. The molecule has 18 atom stereocenters. The monoisotopic (exact) mass is 1150 g/mol. The lowest BCUT2D eigenvalue weighted by molar-refractivity contribution is -0.317. The number of fused-ring (bicyclic) bond motifs is 1. The highest BCUT2D eigenvalue weighted by atomic mass is 16.7. The van der Waals surface area contributed by atoms with E-state index in [-0.39, 0.29) is 62.6 Å². The molecule has 0 saturated carbocycles. The van der Waals surface area contributed by atoms with Gasteiger partial charge in [0.05, 0.1) is 59.9 Å². The molecule has 3 aliphatic heterocycles. The number of alkyl carbamates (subject to hydrolysis) is 1. The summed E-state index contributed by atoms with van der Waals surface area (Å²) in [5, 5.41) is 67.5. The highest BCUT2D eigenvalue weighted by Crippen LogP contribution is 2.42. The fourth-order valence-corrected chi connectivity index (χ4v) is 11.8. The molecule has 0 unspecified atom stereocenters. The number of carboxylic acids is 1. The molecule has 1 amide bonds. The van der Waals surface area contributed by atoms with E-state index in [0.717, 1.165) is 5.56 Å². The number of nitrogens with one attached hydrogen (secondary N) is 1. The number of methoxy groups -OCH3 is 2. The largest absolute Gasteiger partial charge is 0.477 e. The molecule has 3 fully saturated rings. The minimum absolute atomic E-state index is 0.0211. The summed E-state index contributed by atoms with van der Waals surface area (Å²) in [6.07, 6.45) is -8.77. The number of aliphatic hydroxyl groups excluding tert-OH is 2. The van der Waals surface area contributed by atoms with Crippen molar-refractivity contribution in [2.45, 2.75) is 192 Å². The molecule has 1 aromatic heterocycles. The maximum atomic E-state index is 14.6. The second kappa shape index (κ2) is 28.8. The molecule has 3 aliphatic rings. The van der Waals surface area contributed by atoms with Crippen LogP contribution in [0.1, 0.15) is 117 Å². The highest BCUT2D eigenvalue weighted by molar-refractivity contribution is 5.93. The molecule has 24 nitrogen and oxygen atoms in total. The van der Waals surface area contributed by atoms with Crippen LogP contribution in [0.5, 0.6) is 0 Å². The van der Waals surface area contributed by atoms with Gasteiger partial charge in [0.1, 0.15) is 29.0 Å². The summed E-state index contributed by atoms with van der Waals surface area (Å²) in [6, 6.07) is 4.99. The van der Waals surface area contributed by atoms with Gasteiger partial charge < -0.3 is 88.2 Å². The summed E-state index contributed by atoms with van der Waals surface area (Å²) in [7, 11) is 10.1. The molecule has 0 aliphatic carbocycles. The molecule has 81 heavy (non-hydrogen) atoms. The van der Waals surface area contributed by atoms with E-state index in [1.165, 1.54) is 27.3 Å².